The third-order valence-electron chi connectivity index (χ3n) is 5.83. The van der Waals surface area contributed by atoms with E-state index in [-0.39, 0.29) is 29.6 Å². The Morgan fingerprint density at radius 3 is 2.53 bits per heavy atom. The summed E-state index contributed by atoms with van der Waals surface area (Å²) in [6.07, 6.45) is 3.18. The van der Waals surface area contributed by atoms with Gasteiger partial charge in [-0.3, -0.25) is 14.3 Å². The highest BCUT2D eigenvalue weighted by molar-refractivity contribution is 5.79. The number of nitrogens with one attached hydrogen (secondary N) is 1. The Hall–Kier alpha value is -4.33. The molecule has 0 radical (unpaired) electrons. The smallest absolute Gasteiger partial charge is 0.222 e. The second kappa shape index (κ2) is 9.27. The molecule has 0 saturated carbocycles. The van der Waals surface area contributed by atoms with Crippen LogP contribution in [0, 0.1) is 5.82 Å². The summed E-state index contributed by atoms with van der Waals surface area (Å²) in [6, 6.07) is 20.7. The first-order valence-electron chi connectivity index (χ1n) is 11.0. The first-order valence-corrected chi connectivity index (χ1v) is 11.0. The van der Waals surface area contributed by atoms with E-state index in [1.165, 1.54) is 18.3 Å². The Morgan fingerprint density at radius 2 is 1.71 bits per heavy atom. The molecule has 1 unspecified atom stereocenters. The van der Waals surface area contributed by atoms with Gasteiger partial charge in [0.05, 0.1) is 41.7 Å². The lowest BCUT2D eigenvalue weighted by atomic mass is 10.1. The van der Waals surface area contributed by atoms with Crippen LogP contribution in [-0.2, 0) is 17.9 Å². The minimum atomic E-state index is -0.385. The van der Waals surface area contributed by atoms with Crippen LogP contribution in [0.4, 0.5) is 4.39 Å². The normalized spacial score (nSPS) is 12.1. The Balaban J connectivity index is 1.36. The molecule has 2 heterocycles. The molecule has 5 aromatic rings. The summed E-state index contributed by atoms with van der Waals surface area (Å²) in [5.74, 6) is -0.513. The average molecular weight is 455 g/mol. The Labute approximate surface area is 194 Å². The predicted octanol–water partition coefficient (Wildman–Crippen LogP) is 3.83. The number of imidazole rings is 1. The molecule has 0 saturated heterocycles. The number of hydrogen-bond acceptors (Lipinski definition) is 4. The number of carbonyl (C=O) groups is 1. The van der Waals surface area contributed by atoms with Crippen molar-refractivity contribution in [3.63, 3.8) is 0 Å². The first kappa shape index (κ1) is 21.5. The maximum Gasteiger partial charge on any atom is 0.222 e. The Bertz CT molecular complexity index is 1520. The van der Waals surface area contributed by atoms with E-state index in [4.69, 9.17) is 0 Å². The van der Waals surface area contributed by atoms with Gasteiger partial charge in [-0.1, -0.05) is 36.4 Å². The van der Waals surface area contributed by atoms with Gasteiger partial charge < -0.3 is 9.88 Å². The lowest BCUT2D eigenvalue weighted by Gasteiger charge is -2.21. The van der Waals surface area contributed by atoms with Gasteiger partial charge in [-0.15, -0.1) is 0 Å². The van der Waals surface area contributed by atoms with Gasteiger partial charge in [0.15, 0.2) is 0 Å². The number of aryl methyl sites for hydroxylation is 1. The molecule has 0 bridgehead atoms. The van der Waals surface area contributed by atoms with Gasteiger partial charge in [-0.2, -0.15) is 5.10 Å². The molecule has 7 nitrogen and oxygen atoms in total. The maximum atomic E-state index is 13.5. The van der Waals surface area contributed by atoms with Crippen LogP contribution in [0.5, 0.6) is 0 Å². The fourth-order valence-corrected chi connectivity index (χ4v) is 4.10. The van der Waals surface area contributed by atoms with Gasteiger partial charge in [-0.05, 0) is 42.0 Å². The van der Waals surface area contributed by atoms with Crippen LogP contribution in [0.3, 0.4) is 0 Å². The number of nitrogens with zero attached hydrogens (tertiary/aromatic N) is 4. The number of benzene rings is 3. The molecule has 0 spiro atoms. The van der Waals surface area contributed by atoms with Crippen LogP contribution < -0.4 is 10.7 Å². The lowest BCUT2D eigenvalue weighted by Crippen LogP contribution is -2.32. The fourth-order valence-electron chi connectivity index (χ4n) is 4.10. The highest BCUT2D eigenvalue weighted by atomic mass is 19.1. The van der Waals surface area contributed by atoms with E-state index >= 15 is 0 Å². The van der Waals surface area contributed by atoms with Crippen molar-refractivity contribution in [3.8, 4) is 0 Å². The van der Waals surface area contributed by atoms with Crippen molar-refractivity contribution in [1.82, 2.24) is 24.6 Å². The molecule has 3 aromatic carbocycles. The molecule has 8 heteroatoms. The third kappa shape index (κ3) is 4.43. The monoisotopic (exact) mass is 455 g/mol. The Kier molecular flexibility index (Phi) is 5.86. The zero-order chi connectivity index (χ0) is 23.5. The standard InChI is InChI=1S/C26H22FN5O2/c27-19-11-9-18(10-12-19)22(16-31-17-28-21-6-2-4-8-24(21)31)30-26(34)13-14-32-23-7-3-1-5-20(23)25(33)15-29-32/h1-12,15,17,22H,13-14,16H2,(H,30,34). The van der Waals surface area contributed by atoms with Gasteiger partial charge in [0.2, 0.25) is 11.3 Å². The number of hydrogen-bond donors (Lipinski definition) is 1. The van der Waals surface area contributed by atoms with E-state index in [0.29, 0.717) is 24.0 Å². The van der Waals surface area contributed by atoms with E-state index in [2.05, 4.69) is 15.4 Å². The van der Waals surface area contributed by atoms with Crippen molar-refractivity contribution in [2.45, 2.75) is 25.6 Å². The molecule has 1 atom stereocenters. The van der Waals surface area contributed by atoms with E-state index in [9.17, 15) is 14.0 Å². The van der Waals surface area contributed by atoms with Crippen molar-refractivity contribution in [3.05, 3.63) is 107 Å². The second-order valence-corrected chi connectivity index (χ2v) is 8.06. The molecule has 5 rings (SSSR count). The van der Waals surface area contributed by atoms with Gasteiger partial charge in [0, 0.05) is 18.4 Å². The van der Waals surface area contributed by atoms with Crippen molar-refractivity contribution in [2.75, 3.05) is 0 Å². The fraction of sp³-hybridized carbons (Fsp3) is 0.154. The number of amides is 1. The van der Waals surface area contributed by atoms with E-state index in [1.807, 2.05) is 41.0 Å². The number of aromatic nitrogens is 4. The van der Waals surface area contributed by atoms with Crippen molar-refractivity contribution in [1.29, 1.82) is 0 Å². The van der Waals surface area contributed by atoms with Gasteiger partial charge >= 0.3 is 0 Å². The summed E-state index contributed by atoms with van der Waals surface area (Å²) in [4.78, 5) is 29.4. The summed E-state index contributed by atoms with van der Waals surface area (Å²) >= 11 is 0. The number of carbonyl (C=O) groups excluding carboxylic acids is 1. The van der Waals surface area contributed by atoms with Crippen molar-refractivity contribution < 1.29 is 9.18 Å². The number of rotatable bonds is 7. The number of halogens is 1. The number of fused-ring (bicyclic) bond motifs is 2. The van der Waals surface area contributed by atoms with Crippen molar-refractivity contribution >= 4 is 27.8 Å². The molecular formula is C26H22FN5O2. The SMILES string of the molecule is O=C(CCn1ncc(=O)c2ccccc21)NC(Cn1cnc2ccccc21)c1ccc(F)cc1. The Morgan fingerprint density at radius 1 is 0.971 bits per heavy atom. The minimum absolute atomic E-state index is 0.153. The lowest BCUT2D eigenvalue weighted by molar-refractivity contribution is -0.122. The van der Waals surface area contributed by atoms with Crippen LogP contribution >= 0.6 is 0 Å². The van der Waals surface area contributed by atoms with Crippen LogP contribution in [0.25, 0.3) is 21.9 Å². The molecule has 0 aliphatic rings. The van der Waals surface area contributed by atoms with Crippen molar-refractivity contribution in [2.24, 2.45) is 0 Å². The maximum absolute atomic E-state index is 13.5. The quantitative estimate of drug-likeness (QED) is 0.404. The molecule has 2 aromatic heterocycles. The summed E-state index contributed by atoms with van der Waals surface area (Å²) in [6.45, 7) is 0.758. The summed E-state index contributed by atoms with van der Waals surface area (Å²) in [7, 11) is 0. The predicted molar refractivity (Wildman–Crippen MR) is 128 cm³/mol. The highest BCUT2D eigenvalue weighted by Gasteiger charge is 2.17. The first-order chi connectivity index (χ1) is 16.6. The van der Waals surface area contributed by atoms with Gasteiger partial charge in [-0.25, -0.2) is 9.37 Å². The molecule has 0 aliphatic carbocycles. The van der Waals surface area contributed by atoms with Crippen LogP contribution in [-0.4, -0.2) is 25.2 Å². The summed E-state index contributed by atoms with van der Waals surface area (Å²) in [5, 5.41) is 7.83. The molecule has 34 heavy (non-hydrogen) atoms. The zero-order valence-electron chi connectivity index (χ0n) is 18.3. The average Bonchev–Trinajstić information content (AvgIpc) is 3.27. The van der Waals surface area contributed by atoms with Crippen LogP contribution in [0.2, 0.25) is 0 Å². The zero-order valence-corrected chi connectivity index (χ0v) is 18.3. The molecular weight excluding hydrogens is 433 g/mol. The molecule has 0 aliphatic heterocycles. The third-order valence-corrected chi connectivity index (χ3v) is 5.83. The topological polar surface area (TPSA) is 81.8 Å². The van der Waals surface area contributed by atoms with E-state index in [1.54, 1.807) is 35.3 Å². The largest absolute Gasteiger partial charge is 0.347 e. The minimum Gasteiger partial charge on any atom is -0.347 e. The molecule has 0 fully saturated rings. The summed E-state index contributed by atoms with van der Waals surface area (Å²) < 4.78 is 17.2. The number of para-hydroxylation sites is 3. The van der Waals surface area contributed by atoms with E-state index < -0.39 is 0 Å². The van der Waals surface area contributed by atoms with Gasteiger partial charge in [0.25, 0.3) is 0 Å². The second-order valence-electron chi connectivity index (χ2n) is 8.06. The van der Waals surface area contributed by atoms with Gasteiger partial charge in [0.1, 0.15) is 5.82 Å². The van der Waals surface area contributed by atoms with E-state index in [0.717, 1.165) is 16.6 Å². The highest BCUT2D eigenvalue weighted by Crippen LogP contribution is 2.20. The van der Waals surface area contributed by atoms with Crippen LogP contribution in [0.15, 0.2) is 90.1 Å². The summed E-state index contributed by atoms with van der Waals surface area (Å²) in [5.41, 5.74) is 3.14. The molecule has 170 valence electrons. The molecule has 1 amide bonds. The van der Waals surface area contributed by atoms with Crippen LogP contribution in [0.1, 0.15) is 18.0 Å². The molecule has 1 N–H and O–H groups in total.